The van der Waals surface area contributed by atoms with Gasteiger partial charge in [-0.15, -0.1) is 0 Å². The van der Waals surface area contributed by atoms with E-state index in [4.69, 9.17) is 4.74 Å². The molecule has 0 bridgehead atoms. The second kappa shape index (κ2) is 7.55. The molecular weight excluding hydrogens is 272 g/mol. The summed E-state index contributed by atoms with van der Waals surface area (Å²) >= 11 is 1.90. The van der Waals surface area contributed by atoms with E-state index >= 15 is 0 Å². The van der Waals surface area contributed by atoms with Crippen molar-refractivity contribution < 1.29 is 9.53 Å². The van der Waals surface area contributed by atoms with Crippen molar-refractivity contribution in [3.05, 3.63) is 29.3 Å². The van der Waals surface area contributed by atoms with Gasteiger partial charge in [0, 0.05) is 42.6 Å². The van der Waals surface area contributed by atoms with Crippen LogP contribution in [0.5, 0.6) is 5.75 Å². The number of aryl methyl sites for hydroxylation is 1. The van der Waals surface area contributed by atoms with Gasteiger partial charge in [-0.1, -0.05) is 12.1 Å². The molecule has 1 atom stereocenters. The maximum absolute atomic E-state index is 11.9. The van der Waals surface area contributed by atoms with E-state index in [0.29, 0.717) is 19.0 Å². The SMILES string of the molecule is COc1cc(C)ccc1CNC(=O)CC1CSCCN1. The highest BCUT2D eigenvalue weighted by Crippen LogP contribution is 2.19. The highest BCUT2D eigenvalue weighted by Gasteiger charge is 2.16. The lowest BCUT2D eigenvalue weighted by molar-refractivity contribution is -0.121. The molecule has 0 aromatic heterocycles. The summed E-state index contributed by atoms with van der Waals surface area (Å²) in [5.74, 6) is 3.07. The fourth-order valence-electron chi connectivity index (χ4n) is 2.24. The molecule has 1 amide bonds. The largest absolute Gasteiger partial charge is 0.496 e. The zero-order chi connectivity index (χ0) is 14.4. The Hall–Kier alpha value is -1.20. The Kier molecular flexibility index (Phi) is 5.73. The van der Waals surface area contributed by atoms with E-state index in [1.165, 1.54) is 0 Å². The highest BCUT2D eigenvalue weighted by atomic mass is 32.2. The zero-order valence-corrected chi connectivity index (χ0v) is 12.9. The minimum atomic E-state index is 0.0904. The number of methoxy groups -OCH3 is 1. The van der Waals surface area contributed by atoms with Crippen molar-refractivity contribution in [3.8, 4) is 5.75 Å². The summed E-state index contributed by atoms with van der Waals surface area (Å²) < 4.78 is 5.34. The van der Waals surface area contributed by atoms with Crippen LogP contribution in [0.4, 0.5) is 0 Å². The van der Waals surface area contributed by atoms with Gasteiger partial charge in [-0.25, -0.2) is 0 Å². The van der Waals surface area contributed by atoms with Crippen molar-refractivity contribution >= 4 is 17.7 Å². The number of carbonyl (C=O) groups excluding carboxylic acids is 1. The van der Waals surface area contributed by atoms with Gasteiger partial charge in [-0.3, -0.25) is 4.79 Å². The monoisotopic (exact) mass is 294 g/mol. The van der Waals surface area contributed by atoms with Crippen molar-refractivity contribution in [3.63, 3.8) is 0 Å². The topological polar surface area (TPSA) is 50.4 Å². The Bertz CT molecular complexity index is 459. The van der Waals surface area contributed by atoms with E-state index in [0.717, 1.165) is 34.9 Å². The highest BCUT2D eigenvalue weighted by molar-refractivity contribution is 7.99. The molecule has 5 heteroatoms. The minimum absolute atomic E-state index is 0.0904. The van der Waals surface area contributed by atoms with Crippen LogP contribution >= 0.6 is 11.8 Å². The van der Waals surface area contributed by atoms with Crippen LogP contribution in [0.2, 0.25) is 0 Å². The number of ether oxygens (including phenoxy) is 1. The van der Waals surface area contributed by atoms with Gasteiger partial charge in [-0.2, -0.15) is 11.8 Å². The van der Waals surface area contributed by atoms with E-state index in [2.05, 4.69) is 10.6 Å². The van der Waals surface area contributed by atoms with Crippen LogP contribution < -0.4 is 15.4 Å². The first-order chi connectivity index (χ1) is 9.69. The molecule has 0 aliphatic carbocycles. The van der Waals surface area contributed by atoms with Gasteiger partial charge < -0.3 is 15.4 Å². The number of rotatable bonds is 5. The predicted molar refractivity (Wildman–Crippen MR) is 83.3 cm³/mol. The van der Waals surface area contributed by atoms with Gasteiger partial charge in [-0.05, 0) is 18.6 Å². The first-order valence-corrected chi connectivity index (χ1v) is 8.06. The Morgan fingerprint density at radius 1 is 1.55 bits per heavy atom. The molecule has 1 heterocycles. The van der Waals surface area contributed by atoms with Crippen LogP contribution in [0.25, 0.3) is 0 Å². The van der Waals surface area contributed by atoms with E-state index in [9.17, 15) is 4.79 Å². The first-order valence-electron chi connectivity index (χ1n) is 6.90. The van der Waals surface area contributed by atoms with E-state index in [1.54, 1.807) is 7.11 Å². The molecule has 1 saturated heterocycles. The van der Waals surface area contributed by atoms with Crippen LogP contribution in [0.1, 0.15) is 17.5 Å². The molecule has 4 nitrogen and oxygen atoms in total. The van der Waals surface area contributed by atoms with Crippen LogP contribution in [-0.2, 0) is 11.3 Å². The second-order valence-corrected chi connectivity index (χ2v) is 6.17. The Balaban J connectivity index is 1.83. The number of benzene rings is 1. The summed E-state index contributed by atoms with van der Waals surface area (Å²) in [4.78, 5) is 11.9. The van der Waals surface area contributed by atoms with Crippen LogP contribution in [0.3, 0.4) is 0 Å². The number of hydrogen-bond donors (Lipinski definition) is 2. The molecule has 0 saturated carbocycles. The number of thioether (sulfide) groups is 1. The first kappa shape index (κ1) is 15.2. The molecule has 1 aromatic carbocycles. The summed E-state index contributed by atoms with van der Waals surface area (Å²) in [7, 11) is 1.66. The molecule has 1 aliphatic heterocycles. The molecule has 1 unspecified atom stereocenters. The van der Waals surface area contributed by atoms with Gasteiger partial charge in [0.05, 0.1) is 7.11 Å². The maximum Gasteiger partial charge on any atom is 0.221 e. The third-order valence-electron chi connectivity index (χ3n) is 3.35. The average molecular weight is 294 g/mol. The molecule has 1 fully saturated rings. The van der Waals surface area contributed by atoms with Gasteiger partial charge >= 0.3 is 0 Å². The number of hydrogen-bond acceptors (Lipinski definition) is 4. The molecule has 1 aliphatic rings. The predicted octanol–water partition coefficient (Wildman–Crippen LogP) is 1.71. The van der Waals surface area contributed by atoms with Crippen LogP contribution in [0.15, 0.2) is 18.2 Å². The minimum Gasteiger partial charge on any atom is -0.496 e. The lowest BCUT2D eigenvalue weighted by Gasteiger charge is -2.22. The summed E-state index contributed by atoms with van der Waals surface area (Å²) in [5.41, 5.74) is 2.16. The number of amides is 1. The van der Waals surface area contributed by atoms with Crippen molar-refractivity contribution in [2.75, 3.05) is 25.2 Å². The quantitative estimate of drug-likeness (QED) is 0.868. The number of nitrogens with one attached hydrogen (secondary N) is 2. The molecule has 1 aromatic rings. The smallest absolute Gasteiger partial charge is 0.221 e. The molecule has 110 valence electrons. The summed E-state index contributed by atoms with van der Waals surface area (Å²) in [5, 5.41) is 6.34. The number of carbonyl (C=O) groups is 1. The summed E-state index contributed by atoms with van der Waals surface area (Å²) in [6.45, 7) is 3.54. The molecular formula is C15H22N2O2S. The maximum atomic E-state index is 11.9. The lowest BCUT2D eigenvalue weighted by Crippen LogP contribution is -2.41. The standard InChI is InChI=1S/C15H22N2O2S/c1-11-3-4-12(14(7-11)19-2)9-17-15(18)8-13-10-20-6-5-16-13/h3-4,7,13,16H,5-6,8-10H2,1-2H3,(H,17,18). The van der Waals surface area contributed by atoms with Gasteiger partial charge in [0.2, 0.25) is 5.91 Å². The van der Waals surface area contributed by atoms with Gasteiger partial charge in [0.25, 0.3) is 0 Å². The third kappa shape index (κ3) is 4.42. The third-order valence-corrected chi connectivity index (χ3v) is 4.48. The Morgan fingerprint density at radius 3 is 3.10 bits per heavy atom. The van der Waals surface area contributed by atoms with Gasteiger partial charge in [0.1, 0.15) is 5.75 Å². The molecule has 20 heavy (non-hydrogen) atoms. The summed E-state index contributed by atoms with van der Waals surface area (Å²) in [6, 6.07) is 6.32. The molecule has 2 N–H and O–H groups in total. The van der Waals surface area contributed by atoms with Crippen molar-refractivity contribution in [2.24, 2.45) is 0 Å². The molecule has 0 spiro atoms. The van der Waals surface area contributed by atoms with Crippen molar-refractivity contribution in [2.45, 2.75) is 25.9 Å². The fraction of sp³-hybridized carbons (Fsp3) is 0.533. The van der Waals surface area contributed by atoms with E-state index < -0.39 is 0 Å². The fourth-order valence-corrected chi connectivity index (χ4v) is 3.19. The normalized spacial score (nSPS) is 18.6. The van der Waals surface area contributed by atoms with Gasteiger partial charge in [0.15, 0.2) is 0 Å². The molecule has 2 rings (SSSR count). The Labute approximate surface area is 124 Å². The zero-order valence-electron chi connectivity index (χ0n) is 12.1. The average Bonchev–Trinajstić information content (AvgIpc) is 2.47. The second-order valence-electron chi connectivity index (χ2n) is 5.02. The van der Waals surface area contributed by atoms with Crippen LogP contribution in [0, 0.1) is 6.92 Å². The van der Waals surface area contributed by atoms with E-state index in [1.807, 2.05) is 36.9 Å². The summed E-state index contributed by atoms with van der Waals surface area (Å²) in [6.07, 6.45) is 0.543. The van der Waals surface area contributed by atoms with E-state index in [-0.39, 0.29) is 5.91 Å². The molecule has 0 radical (unpaired) electrons. The van der Waals surface area contributed by atoms with Crippen molar-refractivity contribution in [1.82, 2.24) is 10.6 Å². The lowest BCUT2D eigenvalue weighted by atomic mass is 10.1. The Morgan fingerprint density at radius 2 is 2.40 bits per heavy atom. The van der Waals surface area contributed by atoms with Crippen LogP contribution in [-0.4, -0.2) is 37.1 Å². The van der Waals surface area contributed by atoms with Crippen molar-refractivity contribution in [1.29, 1.82) is 0 Å².